The summed E-state index contributed by atoms with van der Waals surface area (Å²) in [6.45, 7) is 6.58. The van der Waals surface area contributed by atoms with Gasteiger partial charge in [0, 0.05) is 42.2 Å². The van der Waals surface area contributed by atoms with Crippen molar-refractivity contribution in [2.24, 2.45) is 11.3 Å². The van der Waals surface area contributed by atoms with E-state index in [4.69, 9.17) is 24.2 Å². The Labute approximate surface area is 280 Å². The maximum Gasteiger partial charge on any atom is 0.313 e. The molecule has 4 atom stereocenters. The molecule has 0 bridgehead atoms. The van der Waals surface area contributed by atoms with Crippen LogP contribution >= 0.6 is 11.3 Å². The van der Waals surface area contributed by atoms with Crippen molar-refractivity contribution in [3.8, 4) is 22.2 Å². The van der Waals surface area contributed by atoms with E-state index < -0.39 is 17.6 Å². The van der Waals surface area contributed by atoms with Crippen molar-refractivity contribution in [1.82, 2.24) is 14.9 Å². The number of hydrogen-bond donors (Lipinski definition) is 0. The van der Waals surface area contributed by atoms with Gasteiger partial charge in [-0.3, -0.25) is 14.4 Å². The number of methoxy groups -OCH3 is 1. The standard InChI is InChI=1S/C37H45N3O6S/c1-5-45-36(43)37-19-24(37)12-10-8-6-7-9-11-13-34(42)40-21-26(17-31(40)32(41)20-37)46-33-18-29(35-39-30(22-47-35)23(2)3)38-28-16-25(44-4)14-15-27(28)33/h10,12,14-16,18,22-24,26,31H,5-9,11,13,17,19-21H2,1-4H3/b12-10-/t24-,26-,31+,37-/m1/s1. The van der Waals surface area contributed by atoms with Crippen LogP contribution in [-0.2, 0) is 19.1 Å². The lowest BCUT2D eigenvalue weighted by Gasteiger charge is -2.25. The topological polar surface area (TPSA) is 108 Å². The summed E-state index contributed by atoms with van der Waals surface area (Å²) in [7, 11) is 1.62. The minimum absolute atomic E-state index is 0.0195. The lowest BCUT2D eigenvalue weighted by molar-refractivity contribution is -0.152. The molecular weight excluding hydrogens is 614 g/mol. The molecule has 1 amide bonds. The van der Waals surface area contributed by atoms with Crippen molar-refractivity contribution in [3.05, 3.63) is 47.5 Å². The van der Waals surface area contributed by atoms with Crippen LogP contribution in [0, 0.1) is 11.3 Å². The third kappa shape index (κ3) is 7.08. The maximum absolute atomic E-state index is 14.1. The summed E-state index contributed by atoms with van der Waals surface area (Å²) in [5.74, 6) is 1.13. The van der Waals surface area contributed by atoms with Crippen LogP contribution in [0.3, 0.4) is 0 Å². The number of Topliss-reactive ketones (excluding diaryl/α,β-unsaturated/α-hetero) is 1. The predicted molar refractivity (Wildman–Crippen MR) is 182 cm³/mol. The number of hydrogen-bond acceptors (Lipinski definition) is 9. The first-order valence-electron chi connectivity index (χ1n) is 17.0. The number of allylic oxidation sites excluding steroid dienone is 2. The minimum atomic E-state index is -0.852. The molecule has 10 heteroatoms. The molecule has 9 nitrogen and oxygen atoms in total. The smallest absolute Gasteiger partial charge is 0.313 e. The molecular formula is C37H45N3O6S. The first-order chi connectivity index (χ1) is 22.7. The molecule has 0 unspecified atom stereocenters. The molecule has 47 heavy (non-hydrogen) atoms. The largest absolute Gasteiger partial charge is 0.497 e. The number of nitrogens with zero attached hydrogens (tertiary/aromatic N) is 3. The van der Waals surface area contributed by atoms with Crippen LogP contribution in [0.15, 0.2) is 41.8 Å². The van der Waals surface area contributed by atoms with Gasteiger partial charge in [-0.2, -0.15) is 0 Å². The summed E-state index contributed by atoms with van der Waals surface area (Å²) in [5.41, 5.74) is 1.56. The SMILES string of the molecule is CCOC(=O)[C@]12CC(=O)[C@@H]3C[C@@H](Oc4cc(-c5nc(C(C)C)cs5)nc5cc(OC)ccc45)CN3C(=O)CCCCCC/C=C\[C@@H]1C2. The van der Waals surface area contributed by atoms with E-state index in [1.165, 1.54) is 0 Å². The van der Waals surface area contributed by atoms with Crippen LogP contribution in [0.1, 0.15) is 90.2 Å². The van der Waals surface area contributed by atoms with Crippen LogP contribution < -0.4 is 9.47 Å². The van der Waals surface area contributed by atoms with Gasteiger partial charge in [0.25, 0.3) is 0 Å². The highest BCUT2D eigenvalue weighted by Gasteiger charge is 2.61. The Kier molecular flexibility index (Phi) is 9.96. The van der Waals surface area contributed by atoms with E-state index in [1.807, 2.05) is 24.3 Å². The summed E-state index contributed by atoms with van der Waals surface area (Å²) in [6.07, 6.45) is 10.00. The Morgan fingerprint density at radius 3 is 2.72 bits per heavy atom. The van der Waals surface area contributed by atoms with Gasteiger partial charge in [-0.25, -0.2) is 9.97 Å². The van der Waals surface area contributed by atoms with E-state index in [2.05, 4.69) is 31.4 Å². The number of thiazole rings is 1. The molecule has 4 heterocycles. The fourth-order valence-corrected chi connectivity index (χ4v) is 7.86. The Morgan fingerprint density at radius 1 is 1.13 bits per heavy atom. The second kappa shape index (κ2) is 14.1. The Hall–Kier alpha value is -3.79. The first kappa shape index (κ1) is 33.1. The monoisotopic (exact) mass is 659 g/mol. The molecule has 0 radical (unpaired) electrons. The van der Waals surface area contributed by atoms with Gasteiger partial charge in [-0.1, -0.05) is 38.8 Å². The van der Waals surface area contributed by atoms with Gasteiger partial charge in [0.2, 0.25) is 5.91 Å². The van der Waals surface area contributed by atoms with Gasteiger partial charge >= 0.3 is 5.97 Å². The molecule has 2 aliphatic heterocycles. The molecule has 1 aliphatic carbocycles. The van der Waals surface area contributed by atoms with Crippen LogP contribution in [0.4, 0.5) is 0 Å². The highest BCUT2D eigenvalue weighted by Crippen LogP contribution is 2.57. The van der Waals surface area contributed by atoms with Gasteiger partial charge in [0.05, 0.1) is 42.9 Å². The summed E-state index contributed by atoms with van der Waals surface area (Å²) < 4.78 is 17.7. The molecule has 3 aromatic rings. The summed E-state index contributed by atoms with van der Waals surface area (Å²) in [6, 6.07) is 6.93. The van der Waals surface area contributed by atoms with Crippen molar-refractivity contribution < 1.29 is 28.6 Å². The van der Waals surface area contributed by atoms with Gasteiger partial charge in [-0.05, 0) is 56.6 Å². The number of carbonyl (C=O) groups excluding carboxylic acids is 3. The molecule has 6 rings (SSSR count). The Morgan fingerprint density at radius 2 is 1.96 bits per heavy atom. The van der Waals surface area contributed by atoms with Crippen molar-refractivity contribution in [3.63, 3.8) is 0 Å². The van der Waals surface area contributed by atoms with Crippen molar-refractivity contribution in [2.45, 2.75) is 96.6 Å². The number of benzene rings is 1. The zero-order valence-electron chi connectivity index (χ0n) is 27.8. The summed E-state index contributed by atoms with van der Waals surface area (Å²) in [4.78, 5) is 52.4. The molecule has 1 aromatic carbocycles. The summed E-state index contributed by atoms with van der Waals surface area (Å²) >= 11 is 1.54. The van der Waals surface area contributed by atoms with Gasteiger partial charge in [0.1, 0.15) is 28.3 Å². The number of pyridine rings is 1. The molecule has 1 saturated heterocycles. The quantitative estimate of drug-likeness (QED) is 0.192. The molecule has 3 aliphatic rings. The Bertz CT molecular complexity index is 1670. The number of ether oxygens (including phenoxy) is 3. The molecule has 2 fully saturated rings. The highest BCUT2D eigenvalue weighted by atomic mass is 32.1. The van der Waals surface area contributed by atoms with E-state index in [9.17, 15) is 14.4 Å². The minimum Gasteiger partial charge on any atom is -0.497 e. The second-order valence-corrected chi connectivity index (χ2v) is 14.2. The highest BCUT2D eigenvalue weighted by molar-refractivity contribution is 7.13. The fourth-order valence-electron chi connectivity index (χ4n) is 6.92. The molecule has 2 aromatic heterocycles. The number of ketones is 1. The van der Waals surface area contributed by atoms with Crippen LogP contribution in [0.2, 0.25) is 0 Å². The lowest BCUT2D eigenvalue weighted by Crippen LogP contribution is -2.42. The number of amides is 1. The number of fused-ring (bicyclic) bond motifs is 3. The first-order valence-corrected chi connectivity index (χ1v) is 17.9. The normalized spacial score (nSPS) is 25.9. The van der Waals surface area contributed by atoms with Gasteiger partial charge in [0.15, 0.2) is 5.78 Å². The van der Waals surface area contributed by atoms with Gasteiger partial charge in [-0.15, -0.1) is 11.3 Å². The van der Waals surface area contributed by atoms with E-state index in [1.54, 1.807) is 30.3 Å². The van der Waals surface area contributed by atoms with Crippen molar-refractivity contribution in [1.29, 1.82) is 0 Å². The maximum atomic E-state index is 14.1. The molecule has 1 saturated carbocycles. The fraction of sp³-hybridized carbons (Fsp3) is 0.541. The van der Waals surface area contributed by atoms with Crippen LogP contribution in [0.5, 0.6) is 11.5 Å². The van der Waals surface area contributed by atoms with Crippen molar-refractivity contribution in [2.75, 3.05) is 20.3 Å². The average Bonchev–Trinajstić information content (AvgIpc) is 3.37. The number of rotatable bonds is 7. The second-order valence-electron chi connectivity index (χ2n) is 13.4. The molecule has 0 N–H and O–H groups in total. The molecule has 0 spiro atoms. The van der Waals surface area contributed by atoms with E-state index in [-0.39, 0.29) is 36.6 Å². The third-order valence-electron chi connectivity index (χ3n) is 9.75. The zero-order chi connectivity index (χ0) is 33.1. The van der Waals surface area contributed by atoms with Crippen LogP contribution in [0.25, 0.3) is 21.6 Å². The number of aromatic nitrogens is 2. The predicted octanol–water partition coefficient (Wildman–Crippen LogP) is 7.28. The molecule has 250 valence electrons. The number of carbonyl (C=O) groups is 3. The van der Waals surface area contributed by atoms with Gasteiger partial charge < -0.3 is 19.1 Å². The average molecular weight is 660 g/mol. The Balaban J connectivity index is 1.30. The number of esters is 1. The zero-order valence-corrected chi connectivity index (χ0v) is 28.6. The van der Waals surface area contributed by atoms with Crippen molar-refractivity contribution >= 4 is 39.9 Å². The van der Waals surface area contributed by atoms with E-state index >= 15 is 0 Å². The summed E-state index contributed by atoms with van der Waals surface area (Å²) in [5, 5.41) is 3.66. The third-order valence-corrected chi connectivity index (χ3v) is 10.6. The van der Waals surface area contributed by atoms with E-state index in [0.29, 0.717) is 54.4 Å². The lowest BCUT2D eigenvalue weighted by atomic mass is 9.92. The van der Waals surface area contributed by atoms with Crippen LogP contribution in [-0.4, -0.2) is 64.9 Å². The van der Waals surface area contributed by atoms with E-state index in [0.717, 1.165) is 48.2 Å².